The SMILES string of the molecule is Cc1cccc(-c2cncc(C(=O)N3CCC(C(C)O)C3)c2)c1. The molecule has 3 rings (SSSR count). The summed E-state index contributed by atoms with van der Waals surface area (Å²) in [5.41, 5.74) is 3.80. The molecule has 4 nitrogen and oxygen atoms in total. The Kier molecular flexibility index (Phi) is 4.44. The highest BCUT2D eigenvalue weighted by Crippen LogP contribution is 2.24. The molecular weight excluding hydrogens is 288 g/mol. The highest BCUT2D eigenvalue weighted by molar-refractivity contribution is 5.95. The monoisotopic (exact) mass is 310 g/mol. The van der Waals surface area contributed by atoms with E-state index >= 15 is 0 Å². The van der Waals surface area contributed by atoms with Crippen LogP contribution in [0.25, 0.3) is 11.1 Å². The molecule has 2 unspecified atom stereocenters. The summed E-state index contributed by atoms with van der Waals surface area (Å²) in [5, 5.41) is 9.69. The Labute approximate surface area is 136 Å². The van der Waals surface area contributed by atoms with Gasteiger partial charge in [-0.1, -0.05) is 29.8 Å². The summed E-state index contributed by atoms with van der Waals surface area (Å²) in [6.45, 7) is 5.15. The first-order chi connectivity index (χ1) is 11.0. The fraction of sp³-hybridized carbons (Fsp3) is 0.368. The molecule has 1 saturated heterocycles. The first-order valence-electron chi connectivity index (χ1n) is 8.04. The Morgan fingerprint density at radius 3 is 2.83 bits per heavy atom. The van der Waals surface area contributed by atoms with Gasteiger partial charge in [0.25, 0.3) is 5.91 Å². The van der Waals surface area contributed by atoms with Crippen LogP contribution in [0.4, 0.5) is 0 Å². The largest absolute Gasteiger partial charge is 0.393 e. The van der Waals surface area contributed by atoms with Crippen LogP contribution in [-0.2, 0) is 0 Å². The molecule has 2 aromatic rings. The van der Waals surface area contributed by atoms with E-state index in [0.717, 1.165) is 17.5 Å². The summed E-state index contributed by atoms with van der Waals surface area (Å²) in [7, 11) is 0. The Morgan fingerprint density at radius 1 is 1.30 bits per heavy atom. The molecule has 0 spiro atoms. The van der Waals surface area contributed by atoms with Gasteiger partial charge in [0, 0.05) is 37.0 Å². The number of carbonyl (C=O) groups excluding carboxylic acids is 1. The van der Waals surface area contributed by atoms with E-state index in [1.165, 1.54) is 5.56 Å². The minimum atomic E-state index is -0.371. The van der Waals surface area contributed by atoms with Crippen molar-refractivity contribution in [3.8, 4) is 11.1 Å². The third-order valence-corrected chi connectivity index (χ3v) is 4.53. The number of nitrogens with zero attached hydrogens (tertiary/aromatic N) is 2. The van der Waals surface area contributed by atoms with E-state index < -0.39 is 0 Å². The van der Waals surface area contributed by atoms with Gasteiger partial charge in [0.2, 0.25) is 0 Å². The topological polar surface area (TPSA) is 53.4 Å². The van der Waals surface area contributed by atoms with E-state index in [0.29, 0.717) is 18.7 Å². The van der Waals surface area contributed by atoms with E-state index in [-0.39, 0.29) is 17.9 Å². The summed E-state index contributed by atoms with van der Waals surface area (Å²) in [5.74, 6) is 0.169. The lowest BCUT2D eigenvalue weighted by atomic mass is 10.0. The average molecular weight is 310 g/mol. The van der Waals surface area contributed by atoms with Gasteiger partial charge in [-0.25, -0.2) is 0 Å². The predicted octanol–water partition coefficient (Wildman–Crippen LogP) is 2.90. The standard InChI is InChI=1S/C19H22N2O2/c1-13-4-3-5-15(8-13)17-9-18(11-20-10-17)19(23)21-7-6-16(12-21)14(2)22/h3-5,8-11,14,16,22H,6-7,12H2,1-2H3. The molecule has 2 heterocycles. The lowest BCUT2D eigenvalue weighted by Crippen LogP contribution is -2.30. The Hall–Kier alpha value is -2.20. The predicted molar refractivity (Wildman–Crippen MR) is 90.1 cm³/mol. The molecule has 0 saturated carbocycles. The molecule has 1 amide bonds. The second kappa shape index (κ2) is 6.50. The van der Waals surface area contributed by atoms with Gasteiger partial charge in [0.05, 0.1) is 11.7 Å². The van der Waals surface area contributed by atoms with Crippen molar-refractivity contribution in [3.05, 3.63) is 53.9 Å². The highest BCUT2D eigenvalue weighted by Gasteiger charge is 2.29. The summed E-state index contributed by atoms with van der Waals surface area (Å²) >= 11 is 0. The minimum Gasteiger partial charge on any atom is -0.393 e. The van der Waals surface area contributed by atoms with E-state index in [9.17, 15) is 9.90 Å². The maximum absolute atomic E-state index is 12.7. The van der Waals surface area contributed by atoms with Crippen molar-refractivity contribution < 1.29 is 9.90 Å². The van der Waals surface area contributed by atoms with Crippen molar-refractivity contribution in [1.29, 1.82) is 0 Å². The third-order valence-electron chi connectivity index (χ3n) is 4.53. The van der Waals surface area contributed by atoms with E-state index in [2.05, 4.69) is 11.1 Å². The molecule has 120 valence electrons. The van der Waals surface area contributed by atoms with Gasteiger partial charge in [-0.2, -0.15) is 0 Å². The normalized spacial score (nSPS) is 18.9. The number of aromatic nitrogens is 1. The summed E-state index contributed by atoms with van der Waals surface area (Å²) in [6, 6.07) is 10.1. The van der Waals surface area contributed by atoms with Crippen molar-refractivity contribution >= 4 is 5.91 Å². The molecule has 1 aliphatic heterocycles. The van der Waals surface area contributed by atoms with Crippen LogP contribution in [0.15, 0.2) is 42.7 Å². The molecule has 1 aliphatic rings. The lowest BCUT2D eigenvalue weighted by molar-refractivity contribution is 0.0762. The molecule has 1 aromatic carbocycles. The highest BCUT2D eigenvalue weighted by atomic mass is 16.3. The van der Waals surface area contributed by atoms with Crippen LogP contribution >= 0.6 is 0 Å². The molecule has 0 aliphatic carbocycles. The molecule has 4 heteroatoms. The number of hydrogen-bond acceptors (Lipinski definition) is 3. The molecule has 2 atom stereocenters. The van der Waals surface area contributed by atoms with Crippen molar-refractivity contribution in [3.63, 3.8) is 0 Å². The van der Waals surface area contributed by atoms with Gasteiger partial charge < -0.3 is 10.0 Å². The molecule has 0 radical (unpaired) electrons. The maximum Gasteiger partial charge on any atom is 0.255 e. The van der Waals surface area contributed by atoms with Crippen LogP contribution in [0.2, 0.25) is 0 Å². The zero-order valence-corrected chi connectivity index (χ0v) is 13.6. The number of benzene rings is 1. The number of aliphatic hydroxyl groups excluding tert-OH is 1. The molecular formula is C19H22N2O2. The van der Waals surface area contributed by atoms with Crippen molar-refractivity contribution in [2.24, 2.45) is 5.92 Å². The summed E-state index contributed by atoms with van der Waals surface area (Å²) in [4.78, 5) is 18.7. The molecule has 1 N–H and O–H groups in total. The average Bonchev–Trinajstić information content (AvgIpc) is 3.04. The number of carbonyl (C=O) groups is 1. The maximum atomic E-state index is 12.7. The van der Waals surface area contributed by atoms with E-state index in [1.54, 1.807) is 19.3 Å². The smallest absolute Gasteiger partial charge is 0.255 e. The Balaban J connectivity index is 1.81. The van der Waals surface area contributed by atoms with Crippen LogP contribution in [0.5, 0.6) is 0 Å². The molecule has 0 bridgehead atoms. The number of aliphatic hydroxyl groups is 1. The van der Waals surface area contributed by atoms with E-state index in [4.69, 9.17) is 0 Å². The Bertz CT molecular complexity index is 712. The van der Waals surface area contributed by atoms with Gasteiger partial charge in [-0.05, 0) is 31.9 Å². The second-order valence-electron chi connectivity index (χ2n) is 6.37. The van der Waals surface area contributed by atoms with Crippen molar-refractivity contribution in [2.75, 3.05) is 13.1 Å². The van der Waals surface area contributed by atoms with Gasteiger partial charge in [0.1, 0.15) is 0 Å². The van der Waals surface area contributed by atoms with Gasteiger partial charge in [0.15, 0.2) is 0 Å². The van der Waals surface area contributed by atoms with Gasteiger partial charge in [-0.15, -0.1) is 0 Å². The lowest BCUT2D eigenvalue weighted by Gasteiger charge is -2.18. The minimum absolute atomic E-state index is 0.00449. The van der Waals surface area contributed by atoms with Crippen LogP contribution in [-0.4, -0.2) is 40.1 Å². The van der Waals surface area contributed by atoms with Gasteiger partial charge >= 0.3 is 0 Å². The number of rotatable bonds is 3. The van der Waals surface area contributed by atoms with E-state index in [1.807, 2.05) is 36.1 Å². The number of hydrogen-bond donors (Lipinski definition) is 1. The summed E-state index contributed by atoms with van der Waals surface area (Å²) < 4.78 is 0. The van der Waals surface area contributed by atoms with Gasteiger partial charge in [-0.3, -0.25) is 9.78 Å². The fourth-order valence-electron chi connectivity index (χ4n) is 3.09. The van der Waals surface area contributed by atoms with Crippen molar-refractivity contribution in [1.82, 2.24) is 9.88 Å². The third kappa shape index (κ3) is 3.42. The quantitative estimate of drug-likeness (QED) is 0.948. The summed E-state index contributed by atoms with van der Waals surface area (Å²) in [6.07, 6.45) is 3.89. The molecule has 23 heavy (non-hydrogen) atoms. The van der Waals surface area contributed by atoms with Crippen LogP contribution in [0.1, 0.15) is 29.3 Å². The first-order valence-corrected chi connectivity index (χ1v) is 8.04. The zero-order valence-electron chi connectivity index (χ0n) is 13.6. The van der Waals surface area contributed by atoms with Crippen LogP contribution < -0.4 is 0 Å². The number of amides is 1. The number of pyridine rings is 1. The van der Waals surface area contributed by atoms with Crippen LogP contribution in [0.3, 0.4) is 0 Å². The zero-order chi connectivity index (χ0) is 16.4. The number of aryl methyl sites for hydroxylation is 1. The second-order valence-corrected chi connectivity index (χ2v) is 6.37. The number of likely N-dealkylation sites (tertiary alicyclic amines) is 1. The molecule has 1 aromatic heterocycles. The molecule has 1 fully saturated rings. The van der Waals surface area contributed by atoms with Crippen LogP contribution in [0, 0.1) is 12.8 Å². The first kappa shape index (κ1) is 15.7. The Morgan fingerprint density at radius 2 is 2.13 bits per heavy atom. The van der Waals surface area contributed by atoms with Crippen molar-refractivity contribution in [2.45, 2.75) is 26.4 Å². The fourth-order valence-corrected chi connectivity index (χ4v) is 3.09.